The maximum absolute atomic E-state index is 12.8. The minimum absolute atomic E-state index is 0.0888. The Kier molecular flexibility index (Phi) is 4.83. The Morgan fingerprint density at radius 3 is 2.54 bits per heavy atom. The van der Waals surface area contributed by atoms with Gasteiger partial charge in [0, 0.05) is 12.1 Å². The zero-order valence-electron chi connectivity index (χ0n) is 14.1. The summed E-state index contributed by atoms with van der Waals surface area (Å²) < 4.78 is 7.84. The fourth-order valence-corrected chi connectivity index (χ4v) is 2.87. The third-order valence-corrected chi connectivity index (χ3v) is 4.16. The number of carbonyl (C=O) groups is 1. The number of fused-ring (bicyclic) bond motifs is 1. The summed E-state index contributed by atoms with van der Waals surface area (Å²) in [6.45, 7) is 0.527. The Bertz CT molecular complexity index is 1020. The van der Waals surface area contributed by atoms with Crippen molar-refractivity contribution >= 4 is 22.6 Å². The Morgan fingerprint density at radius 2 is 1.88 bits per heavy atom. The summed E-state index contributed by atoms with van der Waals surface area (Å²) in [5.41, 5.74) is 0.968. The van der Waals surface area contributed by atoms with Gasteiger partial charge in [0.25, 0.3) is 11.2 Å². The quantitative estimate of drug-likeness (QED) is 0.384. The molecule has 0 unspecified atom stereocenters. The Morgan fingerprint density at radius 1 is 1.15 bits per heavy atom. The highest BCUT2D eigenvalue weighted by Gasteiger charge is 2.18. The molecular weight excluding hydrogens is 338 g/mol. The molecule has 0 radical (unpaired) electrons. The molecule has 0 aliphatic heterocycles. The van der Waals surface area contributed by atoms with Gasteiger partial charge < -0.3 is 4.74 Å². The van der Waals surface area contributed by atoms with Crippen molar-refractivity contribution in [3.63, 3.8) is 0 Å². The Labute approximate surface area is 148 Å². The number of nitro groups is 1. The van der Waals surface area contributed by atoms with Crippen LogP contribution in [-0.2, 0) is 22.6 Å². The molecule has 0 atom stereocenters. The number of hydrogen-bond acceptors (Lipinski definition) is 5. The first-order valence-electron chi connectivity index (χ1n) is 7.99. The molecule has 134 valence electrons. The van der Waals surface area contributed by atoms with Gasteiger partial charge >= 0.3 is 5.97 Å². The molecule has 1 heterocycles. The Balaban J connectivity index is 2.12. The molecular formula is C18H17N3O5. The summed E-state index contributed by atoms with van der Waals surface area (Å²) in [7, 11) is 1.30. The van der Waals surface area contributed by atoms with Gasteiger partial charge in [-0.15, -0.1) is 0 Å². The molecule has 3 aromatic rings. The van der Waals surface area contributed by atoms with Crippen LogP contribution in [0.25, 0.3) is 10.9 Å². The molecule has 0 bridgehead atoms. The van der Waals surface area contributed by atoms with Crippen LogP contribution >= 0.6 is 0 Å². The van der Waals surface area contributed by atoms with E-state index in [-0.39, 0.29) is 29.6 Å². The zero-order chi connectivity index (χ0) is 18.7. The molecule has 0 spiro atoms. The highest BCUT2D eigenvalue weighted by atomic mass is 16.6. The molecule has 26 heavy (non-hydrogen) atoms. The molecule has 1 aromatic heterocycles. The molecule has 0 saturated carbocycles. The number of rotatable bonds is 6. The van der Waals surface area contributed by atoms with E-state index < -0.39 is 10.9 Å². The maximum atomic E-state index is 12.8. The van der Waals surface area contributed by atoms with Crippen LogP contribution < -0.4 is 5.56 Å². The largest absolute Gasteiger partial charge is 0.469 e. The number of aromatic nitrogens is 2. The highest BCUT2D eigenvalue weighted by molar-refractivity contribution is 5.81. The van der Waals surface area contributed by atoms with Crippen LogP contribution in [0.15, 0.2) is 53.3 Å². The molecule has 0 N–H and O–H groups in total. The fourth-order valence-electron chi connectivity index (χ4n) is 2.87. The van der Waals surface area contributed by atoms with Crippen molar-refractivity contribution in [3.8, 4) is 0 Å². The van der Waals surface area contributed by atoms with Crippen molar-refractivity contribution in [1.29, 1.82) is 0 Å². The van der Waals surface area contributed by atoms with E-state index in [4.69, 9.17) is 0 Å². The van der Waals surface area contributed by atoms with E-state index in [2.05, 4.69) is 4.74 Å². The molecule has 0 aliphatic carbocycles. The van der Waals surface area contributed by atoms with Crippen molar-refractivity contribution in [1.82, 2.24) is 9.36 Å². The van der Waals surface area contributed by atoms with E-state index in [0.29, 0.717) is 12.1 Å². The van der Waals surface area contributed by atoms with E-state index >= 15 is 0 Å². The van der Waals surface area contributed by atoms with Crippen molar-refractivity contribution in [2.75, 3.05) is 7.11 Å². The fraction of sp³-hybridized carbons (Fsp3) is 0.222. The van der Waals surface area contributed by atoms with Crippen LogP contribution in [0.3, 0.4) is 0 Å². The van der Waals surface area contributed by atoms with Gasteiger partial charge in [0.05, 0.1) is 42.4 Å². The number of non-ortho nitro benzene ring substituents is 1. The molecule has 0 fully saturated rings. The minimum Gasteiger partial charge on any atom is -0.469 e. The van der Waals surface area contributed by atoms with Gasteiger partial charge in [0.1, 0.15) is 0 Å². The lowest BCUT2D eigenvalue weighted by Gasteiger charge is -2.12. The van der Waals surface area contributed by atoms with Crippen LogP contribution in [-0.4, -0.2) is 27.4 Å². The number of methoxy groups -OCH3 is 1. The SMILES string of the molecule is COC(=O)CCn1c2ccc([N+](=O)[O-])cc2c(=O)n1Cc1ccccc1. The number of esters is 1. The second-order valence-electron chi connectivity index (χ2n) is 5.76. The third kappa shape index (κ3) is 3.34. The molecule has 8 heteroatoms. The second kappa shape index (κ2) is 7.22. The van der Waals surface area contributed by atoms with Gasteiger partial charge in [-0.25, -0.2) is 4.68 Å². The predicted octanol–water partition coefficient (Wildman–Crippen LogP) is 2.32. The third-order valence-electron chi connectivity index (χ3n) is 4.16. The maximum Gasteiger partial charge on any atom is 0.307 e. The van der Waals surface area contributed by atoms with Gasteiger partial charge in [-0.3, -0.25) is 24.4 Å². The molecule has 0 saturated heterocycles. The smallest absolute Gasteiger partial charge is 0.307 e. The van der Waals surface area contributed by atoms with E-state index in [0.717, 1.165) is 5.56 Å². The number of ether oxygens (including phenoxy) is 1. The minimum atomic E-state index is -0.536. The van der Waals surface area contributed by atoms with E-state index in [1.807, 2.05) is 30.3 Å². The number of hydrogen-bond donors (Lipinski definition) is 0. The van der Waals surface area contributed by atoms with Crippen molar-refractivity contribution < 1.29 is 14.5 Å². The van der Waals surface area contributed by atoms with Crippen molar-refractivity contribution in [2.24, 2.45) is 0 Å². The van der Waals surface area contributed by atoms with Crippen molar-refractivity contribution in [2.45, 2.75) is 19.5 Å². The number of benzene rings is 2. The zero-order valence-corrected chi connectivity index (χ0v) is 14.1. The van der Waals surface area contributed by atoms with Gasteiger partial charge in [-0.1, -0.05) is 30.3 Å². The standard InChI is InChI=1S/C18H17N3O5/c1-26-17(22)9-10-19-16-8-7-14(21(24)25)11-15(16)18(23)20(19)12-13-5-3-2-4-6-13/h2-8,11H,9-10,12H2,1H3. The van der Waals surface area contributed by atoms with E-state index in [1.54, 1.807) is 4.68 Å². The molecule has 0 aliphatic rings. The first-order chi connectivity index (χ1) is 12.5. The van der Waals surface area contributed by atoms with E-state index in [9.17, 15) is 19.7 Å². The first-order valence-corrected chi connectivity index (χ1v) is 7.99. The topological polar surface area (TPSA) is 96.4 Å². The molecule has 2 aromatic carbocycles. The lowest BCUT2D eigenvalue weighted by molar-refractivity contribution is -0.384. The highest BCUT2D eigenvalue weighted by Crippen LogP contribution is 2.20. The number of carbonyl (C=O) groups excluding carboxylic acids is 1. The van der Waals surface area contributed by atoms with Crippen LogP contribution in [0.5, 0.6) is 0 Å². The lowest BCUT2D eigenvalue weighted by atomic mass is 10.2. The van der Waals surface area contributed by atoms with Crippen LogP contribution in [0.2, 0.25) is 0 Å². The molecule has 0 amide bonds. The normalized spacial score (nSPS) is 10.8. The number of nitro benzene ring substituents is 1. The molecule has 8 nitrogen and oxygen atoms in total. The number of aryl methyl sites for hydroxylation is 1. The van der Waals surface area contributed by atoms with Gasteiger partial charge in [-0.2, -0.15) is 0 Å². The van der Waals surface area contributed by atoms with Gasteiger partial charge in [0.15, 0.2) is 0 Å². The summed E-state index contributed by atoms with van der Waals surface area (Å²) in [5.74, 6) is -0.396. The first kappa shape index (κ1) is 17.4. The summed E-state index contributed by atoms with van der Waals surface area (Å²) in [4.78, 5) is 34.9. The summed E-state index contributed by atoms with van der Waals surface area (Å²) in [6.07, 6.45) is 0.0888. The molecule has 3 rings (SSSR count). The van der Waals surface area contributed by atoms with Gasteiger partial charge in [-0.05, 0) is 11.6 Å². The average molecular weight is 355 g/mol. The van der Waals surface area contributed by atoms with Crippen molar-refractivity contribution in [3.05, 3.63) is 74.6 Å². The van der Waals surface area contributed by atoms with E-state index in [1.165, 1.54) is 30.0 Å². The predicted molar refractivity (Wildman–Crippen MR) is 95.0 cm³/mol. The van der Waals surface area contributed by atoms with Crippen LogP contribution in [0.4, 0.5) is 5.69 Å². The monoisotopic (exact) mass is 355 g/mol. The van der Waals surface area contributed by atoms with Crippen LogP contribution in [0, 0.1) is 10.1 Å². The number of nitrogens with zero attached hydrogens (tertiary/aromatic N) is 3. The summed E-state index contributed by atoms with van der Waals surface area (Å²) in [6, 6.07) is 13.5. The second-order valence-corrected chi connectivity index (χ2v) is 5.76. The lowest BCUT2D eigenvalue weighted by Crippen LogP contribution is -2.24. The average Bonchev–Trinajstić information content (AvgIpc) is 2.91. The summed E-state index contributed by atoms with van der Waals surface area (Å²) >= 11 is 0. The van der Waals surface area contributed by atoms with Crippen LogP contribution in [0.1, 0.15) is 12.0 Å². The van der Waals surface area contributed by atoms with Gasteiger partial charge in [0.2, 0.25) is 0 Å². The summed E-state index contributed by atoms with van der Waals surface area (Å²) in [5, 5.41) is 11.3. The Hall–Kier alpha value is -3.42.